The van der Waals surface area contributed by atoms with Crippen LogP contribution in [0, 0.1) is 13.8 Å². The fraction of sp³-hybridized carbons (Fsp3) is 0.471. The molecule has 24 heavy (non-hydrogen) atoms. The second-order valence-corrected chi connectivity index (χ2v) is 5.66. The first-order chi connectivity index (χ1) is 11.5. The molecule has 0 aliphatic heterocycles. The van der Waals surface area contributed by atoms with Gasteiger partial charge in [0.1, 0.15) is 11.5 Å². The van der Waals surface area contributed by atoms with Crippen molar-refractivity contribution in [2.45, 2.75) is 46.2 Å². The summed E-state index contributed by atoms with van der Waals surface area (Å²) in [5.74, 6) is 1.37. The third-order valence-electron chi connectivity index (χ3n) is 4.00. The average Bonchev–Trinajstić information content (AvgIpc) is 2.91. The molecule has 7 nitrogen and oxygen atoms in total. The van der Waals surface area contributed by atoms with Gasteiger partial charge in [-0.3, -0.25) is 4.98 Å². The molecule has 2 atom stereocenters. The van der Waals surface area contributed by atoms with Gasteiger partial charge in [0.2, 0.25) is 0 Å². The van der Waals surface area contributed by atoms with Crippen molar-refractivity contribution in [3.8, 4) is 5.75 Å². The molecule has 2 amide bonds. The molecule has 0 aliphatic carbocycles. The maximum atomic E-state index is 12.4. The highest BCUT2D eigenvalue weighted by molar-refractivity contribution is 5.75. The van der Waals surface area contributed by atoms with Crippen LogP contribution in [0.4, 0.5) is 4.79 Å². The molecule has 0 spiro atoms. The third-order valence-corrected chi connectivity index (χ3v) is 4.00. The summed E-state index contributed by atoms with van der Waals surface area (Å²) in [6.07, 6.45) is 4.04. The molecule has 0 bridgehead atoms. The molecular formula is C17H24N4O3. The number of hydrogen-bond donors (Lipinski definition) is 2. The van der Waals surface area contributed by atoms with E-state index >= 15 is 0 Å². The topological polar surface area (TPSA) is 89.3 Å². The van der Waals surface area contributed by atoms with Crippen LogP contribution in [0.5, 0.6) is 5.75 Å². The molecule has 0 radical (unpaired) electrons. The van der Waals surface area contributed by atoms with Crippen molar-refractivity contribution in [1.29, 1.82) is 0 Å². The van der Waals surface area contributed by atoms with E-state index in [9.17, 15) is 4.79 Å². The standard InChI is InChI=1S/C17H24N4O3/c1-6-14(16-11(3)21-24-12(16)4)20-17(22)19-10(2)13-7-8-18-9-15(13)23-5/h7-10,14H,6H2,1-5H3,(H2,19,20,22)/t10-,14-/m1/s1. The fourth-order valence-electron chi connectivity index (χ4n) is 2.76. The number of hydrogen-bond acceptors (Lipinski definition) is 5. The molecule has 0 saturated heterocycles. The van der Waals surface area contributed by atoms with E-state index in [-0.39, 0.29) is 18.1 Å². The van der Waals surface area contributed by atoms with Gasteiger partial charge < -0.3 is 19.9 Å². The van der Waals surface area contributed by atoms with Crippen LogP contribution in [0.3, 0.4) is 0 Å². The van der Waals surface area contributed by atoms with Crippen LogP contribution < -0.4 is 15.4 Å². The normalized spacial score (nSPS) is 13.2. The first-order valence-corrected chi connectivity index (χ1v) is 7.95. The van der Waals surface area contributed by atoms with E-state index in [0.29, 0.717) is 5.75 Å². The number of urea groups is 1. The van der Waals surface area contributed by atoms with Gasteiger partial charge in [-0.25, -0.2) is 4.79 Å². The van der Waals surface area contributed by atoms with Crippen molar-refractivity contribution in [3.63, 3.8) is 0 Å². The van der Waals surface area contributed by atoms with Crippen molar-refractivity contribution in [1.82, 2.24) is 20.8 Å². The predicted molar refractivity (Wildman–Crippen MR) is 89.9 cm³/mol. The van der Waals surface area contributed by atoms with E-state index in [0.717, 1.165) is 29.0 Å². The summed E-state index contributed by atoms with van der Waals surface area (Å²) in [5, 5.41) is 9.86. The number of carbonyl (C=O) groups excluding carboxylic acids is 1. The highest BCUT2D eigenvalue weighted by Gasteiger charge is 2.22. The van der Waals surface area contributed by atoms with Crippen molar-refractivity contribution in [2.24, 2.45) is 0 Å². The number of nitrogens with zero attached hydrogens (tertiary/aromatic N) is 2. The lowest BCUT2D eigenvalue weighted by atomic mass is 10.0. The Hall–Kier alpha value is -2.57. The van der Waals surface area contributed by atoms with Crippen LogP contribution in [-0.2, 0) is 0 Å². The predicted octanol–water partition coefficient (Wildman–Crippen LogP) is 3.21. The number of rotatable bonds is 6. The first kappa shape index (κ1) is 17.8. The number of methoxy groups -OCH3 is 1. The molecule has 2 aromatic heterocycles. The maximum Gasteiger partial charge on any atom is 0.315 e. The fourth-order valence-corrected chi connectivity index (χ4v) is 2.76. The number of pyridine rings is 1. The SMILES string of the molecule is CC[C@@H](NC(=O)N[C@H](C)c1ccncc1OC)c1c(C)noc1C. The monoisotopic (exact) mass is 332 g/mol. The smallest absolute Gasteiger partial charge is 0.315 e. The molecule has 2 rings (SSSR count). The zero-order valence-corrected chi connectivity index (χ0v) is 14.7. The minimum absolute atomic E-state index is 0.150. The molecule has 2 heterocycles. The van der Waals surface area contributed by atoms with Gasteiger partial charge in [0, 0.05) is 17.3 Å². The van der Waals surface area contributed by atoms with E-state index in [1.165, 1.54) is 0 Å². The largest absolute Gasteiger partial charge is 0.495 e. The van der Waals surface area contributed by atoms with Gasteiger partial charge in [-0.1, -0.05) is 12.1 Å². The van der Waals surface area contributed by atoms with E-state index in [1.54, 1.807) is 19.5 Å². The van der Waals surface area contributed by atoms with Gasteiger partial charge in [0.15, 0.2) is 0 Å². The van der Waals surface area contributed by atoms with E-state index in [2.05, 4.69) is 20.8 Å². The minimum Gasteiger partial charge on any atom is -0.495 e. The minimum atomic E-state index is -0.256. The lowest BCUT2D eigenvalue weighted by Crippen LogP contribution is -2.39. The number of aryl methyl sites for hydroxylation is 2. The molecular weight excluding hydrogens is 308 g/mol. The van der Waals surface area contributed by atoms with E-state index < -0.39 is 0 Å². The van der Waals surface area contributed by atoms with Crippen molar-refractivity contribution in [3.05, 3.63) is 41.0 Å². The highest BCUT2D eigenvalue weighted by Crippen LogP contribution is 2.25. The molecule has 0 fully saturated rings. The van der Waals surface area contributed by atoms with Crippen molar-refractivity contribution >= 4 is 6.03 Å². The number of ether oxygens (including phenoxy) is 1. The number of nitrogens with one attached hydrogen (secondary N) is 2. The van der Waals surface area contributed by atoms with E-state index in [4.69, 9.17) is 9.26 Å². The average molecular weight is 332 g/mol. The van der Waals surface area contributed by atoms with Crippen LogP contribution in [0.25, 0.3) is 0 Å². The third kappa shape index (κ3) is 3.84. The molecule has 0 aromatic carbocycles. The van der Waals surface area contributed by atoms with Gasteiger partial charge >= 0.3 is 6.03 Å². The number of carbonyl (C=O) groups is 1. The van der Waals surface area contributed by atoms with Crippen molar-refractivity contribution < 1.29 is 14.1 Å². The van der Waals surface area contributed by atoms with Crippen LogP contribution in [0.2, 0.25) is 0 Å². The van der Waals surface area contributed by atoms with Gasteiger partial charge in [-0.15, -0.1) is 0 Å². The zero-order valence-electron chi connectivity index (χ0n) is 14.7. The second kappa shape index (κ2) is 7.81. The molecule has 2 aromatic rings. The van der Waals surface area contributed by atoms with Gasteiger partial charge in [0.05, 0.1) is 31.1 Å². The quantitative estimate of drug-likeness (QED) is 0.848. The van der Waals surface area contributed by atoms with Crippen molar-refractivity contribution in [2.75, 3.05) is 7.11 Å². The summed E-state index contributed by atoms with van der Waals surface area (Å²) in [6, 6.07) is 1.20. The van der Waals surface area contributed by atoms with Gasteiger partial charge in [-0.05, 0) is 33.3 Å². The Balaban J connectivity index is 2.06. The van der Waals surface area contributed by atoms with Crippen LogP contribution in [0.1, 0.15) is 54.9 Å². The molecule has 0 saturated carbocycles. The molecule has 0 unspecified atom stereocenters. The Morgan fingerprint density at radius 2 is 2.12 bits per heavy atom. The number of aromatic nitrogens is 2. The summed E-state index contributed by atoms with van der Waals surface area (Å²) in [6.45, 7) is 7.63. The van der Waals surface area contributed by atoms with Gasteiger partial charge in [0.25, 0.3) is 0 Å². The zero-order chi connectivity index (χ0) is 17.7. The Morgan fingerprint density at radius 3 is 2.71 bits per heavy atom. The summed E-state index contributed by atoms with van der Waals surface area (Å²) in [5.41, 5.74) is 2.60. The Bertz CT molecular complexity index is 679. The van der Waals surface area contributed by atoms with Gasteiger partial charge in [-0.2, -0.15) is 0 Å². The molecule has 0 aliphatic rings. The summed E-state index contributed by atoms with van der Waals surface area (Å²) in [4.78, 5) is 16.4. The highest BCUT2D eigenvalue weighted by atomic mass is 16.5. The van der Waals surface area contributed by atoms with Crippen LogP contribution >= 0.6 is 0 Å². The Kier molecular flexibility index (Phi) is 5.78. The summed E-state index contributed by atoms with van der Waals surface area (Å²) >= 11 is 0. The maximum absolute atomic E-state index is 12.4. The van der Waals surface area contributed by atoms with E-state index in [1.807, 2.05) is 33.8 Å². The van der Waals surface area contributed by atoms with Crippen LogP contribution in [-0.4, -0.2) is 23.3 Å². The molecule has 2 N–H and O–H groups in total. The molecule has 130 valence electrons. The first-order valence-electron chi connectivity index (χ1n) is 7.95. The molecule has 7 heteroatoms. The lowest BCUT2D eigenvalue weighted by molar-refractivity contribution is 0.233. The Morgan fingerprint density at radius 1 is 1.38 bits per heavy atom. The van der Waals surface area contributed by atoms with Crippen LogP contribution in [0.15, 0.2) is 23.0 Å². The number of amides is 2. The Labute approximate surface area is 141 Å². The summed E-state index contributed by atoms with van der Waals surface area (Å²) < 4.78 is 10.5. The lowest BCUT2D eigenvalue weighted by Gasteiger charge is -2.21. The second-order valence-electron chi connectivity index (χ2n) is 5.66. The summed E-state index contributed by atoms with van der Waals surface area (Å²) in [7, 11) is 1.58.